The van der Waals surface area contributed by atoms with E-state index in [4.69, 9.17) is 5.73 Å². The summed E-state index contributed by atoms with van der Waals surface area (Å²) in [6, 6.07) is 8.62. The Kier molecular flexibility index (Phi) is 3.98. The second-order valence-corrected chi connectivity index (χ2v) is 5.32. The SMILES string of the molecule is Nc1cc(NC(=O)c2ccc(Br)cn2)ccc1Br. The van der Waals surface area contributed by atoms with Crippen LogP contribution in [0.25, 0.3) is 0 Å². The Balaban J connectivity index is 2.16. The fourth-order valence-electron chi connectivity index (χ4n) is 1.33. The van der Waals surface area contributed by atoms with Crippen LogP contribution in [0.4, 0.5) is 11.4 Å². The standard InChI is InChI=1S/C12H9Br2N3O/c13-7-1-4-11(16-6-7)12(18)17-8-2-3-9(14)10(15)5-8/h1-6H,15H2,(H,17,18). The number of aromatic nitrogens is 1. The van der Waals surface area contributed by atoms with Crippen molar-refractivity contribution in [3.05, 3.63) is 51.2 Å². The molecule has 0 aliphatic heterocycles. The summed E-state index contributed by atoms with van der Waals surface area (Å²) in [6.45, 7) is 0. The number of pyridine rings is 1. The van der Waals surface area contributed by atoms with Crippen LogP contribution >= 0.6 is 31.9 Å². The number of anilines is 2. The first-order valence-electron chi connectivity index (χ1n) is 5.04. The van der Waals surface area contributed by atoms with Crippen LogP contribution in [0.3, 0.4) is 0 Å². The van der Waals surface area contributed by atoms with Crippen LogP contribution in [0.1, 0.15) is 10.5 Å². The molecule has 92 valence electrons. The average molecular weight is 371 g/mol. The number of nitrogens with two attached hydrogens (primary N) is 1. The summed E-state index contributed by atoms with van der Waals surface area (Å²) in [7, 11) is 0. The van der Waals surface area contributed by atoms with E-state index in [9.17, 15) is 4.79 Å². The smallest absolute Gasteiger partial charge is 0.274 e. The zero-order valence-corrected chi connectivity index (χ0v) is 12.3. The van der Waals surface area contributed by atoms with E-state index in [0.717, 1.165) is 8.95 Å². The number of nitrogens with zero attached hydrogens (tertiary/aromatic N) is 1. The molecule has 1 amide bonds. The van der Waals surface area contributed by atoms with Crippen molar-refractivity contribution in [2.45, 2.75) is 0 Å². The lowest BCUT2D eigenvalue weighted by Crippen LogP contribution is -2.13. The summed E-state index contributed by atoms with van der Waals surface area (Å²) in [6.07, 6.45) is 1.57. The van der Waals surface area contributed by atoms with E-state index in [2.05, 4.69) is 42.2 Å². The quantitative estimate of drug-likeness (QED) is 0.795. The molecule has 0 aliphatic carbocycles. The highest BCUT2D eigenvalue weighted by Gasteiger charge is 2.08. The molecule has 1 aromatic heterocycles. The van der Waals surface area contributed by atoms with Gasteiger partial charge in [-0.15, -0.1) is 0 Å². The topological polar surface area (TPSA) is 68.0 Å². The first-order chi connectivity index (χ1) is 8.56. The molecule has 0 saturated carbocycles. The third-order valence-corrected chi connectivity index (χ3v) is 3.41. The summed E-state index contributed by atoms with van der Waals surface area (Å²) in [5, 5.41) is 2.73. The third-order valence-electron chi connectivity index (χ3n) is 2.21. The number of carbonyl (C=O) groups is 1. The van der Waals surface area contributed by atoms with Gasteiger partial charge in [0, 0.05) is 26.5 Å². The Labute approximate surface area is 121 Å². The van der Waals surface area contributed by atoms with Crippen molar-refractivity contribution in [2.75, 3.05) is 11.1 Å². The van der Waals surface area contributed by atoms with Crippen LogP contribution in [0.15, 0.2) is 45.5 Å². The van der Waals surface area contributed by atoms with Crippen molar-refractivity contribution < 1.29 is 4.79 Å². The molecule has 0 aliphatic rings. The number of carbonyl (C=O) groups excluding carboxylic acids is 1. The maximum absolute atomic E-state index is 11.9. The molecule has 1 heterocycles. The lowest BCUT2D eigenvalue weighted by atomic mass is 10.2. The van der Waals surface area contributed by atoms with Crippen molar-refractivity contribution >= 4 is 49.1 Å². The molecule has 1 aromatic carbocycles. The van der Waals surface area contributed by atoms with E-state index in [1.165, 1.54) is 0 Å². The molecule has 0 unspecified atom stereocenters. The summed E-state index contributed by atoms with van der Waals surface area (Å²) in [5.41, 5.74) is 7.28. The van der Waals surface area contributed by atoms with Crippen LogP contribution in [0.2, 0.25) is 0 Å². The molecule has 2 aromatic rings. The molecule has 0 bridgehead atoms. The fourth-order valence-corrected chi connectivity index (χ4v) is 1.81. The van der Waals surface area contributed by atoms with Gasteiger partial charge in [0.15, 0.2) is 0 Å². The summed E-state index contributed by atoms with van der Waals surface area (Å²) < 4.78 is 1.62. The van der Waals surface area contributed by atoms with Gasteiger partial charge in [-0.1, -0.05) is 0 Å². The van der Waals surface area contributed by atoms with Gasteiger partial charge in [-0.05, 0) is 62.2 Å². The number of hydrogen-bond acceptors (Lipinski definition) is 3. The first kappa shape index (κ1) is 13.0. The molecular weight excluding hydrogens is 362 g/mol. The molecule has 0 atom stereocenters. The molecule has 0 spiro atoms. The van der Waals surface area contributed by atoms with Gasteiger partial charge in [0.25, 0.3) is 5.91 Å². The molecule has 0 radical (unpaired) electrons. The van der Waals surface area contributed by atoms with Gasteiger partial charge in [0.2, 0.25) is 0 Å². The number of nitrogens with one attached hydrogen (secondary N) is 1. The highest BCUT2D eigenvalue weighted by molar-refractivity contribution is 9.10. The number of halogens is 2. The Morgan fingerprint density at radius 2 is 2.00 bits per heavy atom. The molecule has 0 fully saturated rings. The van der Waals surface area contributed by atoms with Crippen molar-refractivity contribution in [3.63, 3.8) is 0 Å². The van der Waals surface area contributed by atoms with E-state index < -0.39 is 0 Å². The highest BCUT2D eigenvalue weighted by Crippen LogP contribution is 2.23. The molecule has 2 rings (SSSR count). The lowest BCUT2D eigenvalue weighted by Gasteiger charge is -2.06. The van der Waals surface area contributed by atoms with Crippen LogP contribution < -0.4 is 11.1 Å². The maximum Gasteiger partial charge on any atom is 0.274 e. The monoisotopic (exact) mass is 369 g/mol. The number of hydrogen-bond donors (Lipinski definition) is 2. The van der Waals surface area contributed by atoms with E-state index >= 15 is 0 Å². The van der Waals surface area contributed by atoms with Crippen LogP contribution in [0, 0.1) is 0 Å². The van der Waals surface area contributed by atoms with E-state index in [-0.39, 0.29) is 5.91 Å². The van der Waals surface area contributed by atoms with E-state index in [0.29, 0.717) is 17.1 Å². The summed E-state index contributed by atoms with van der Waals surface area (Å²) in [5.74, 6) is -0.274. The number of rotatable bonds is 2. The summed E-state index contributed by atoms with van der Waals surface area (Å²) >= 11 is 6.56. The Morgan fingerprint density at radius 3 is 2.61 bits per heavy atom. The normalized spacial score (nSPS) is 10.1. The molecule has 4 nitrogen and oxygen atoms in total. The number of amides is 1. The first-order valence-corrected chi connectivity index (χ1v) is 6.63. The van der Waals surface area contributed by atoms with Gasteiger partial charge in [-0.2, -0.15) is 0 Å². The zero-order valence-electron chi connectivity index (χ0n) is 9.15. The second kappa shape index (κ2) is 5.49. The second-order valence-electron chi connectivity index (χ2n) is 3.55. The molecule has 0 saturated heterocycles. The molecule has 3 N–H and O–H groups in total. The Bertz CT molecular complexity index is 584. The predicted octanol–water partition coefficient (Wildman–Crippen LogP) is 3.44. The van der Waals surface area contributed by atoms with Gasteiger partial charge >= 0.3 is 0 Å². The largest absolute Gasteiger partial charge is 0.398 e. The third kappa shape index (κ3) is 3.08. The number of nitrogen functional groups attached to an aromatic ring is 1. The predicted molar refractivity (Wildman–Crippen MR) is 78.4 cm³/mol. The Hall–Kier alpha value is -1.40. The van der Waals surface area contributed by atoms with Crippen LogP contribution in [0.5, 0.6) is 0 Å². The molecule has 6 heteroatoms. The summed E-state index contributed by atoms with van der Waals surface area (Å²) in [4.78, 5) is 15.9. The van der Waals surface area contributed by atoms with Crippen LogP contribution in [-0.4, -0.2) is 10.9 Å². The fraction of sp³-hybridized carbons (Fsp3) is 0. The van der Waals surface area contributed by atoms with Crippen molar-refractivity contribution in [2.24, 2.45) is 0 Å². The van der Waals surface area contributed by atoms with Gasteiger partial charge in [-0.3, -0.25) is 4.79 Å². The minimum absolute atomic E-state index is 0.274. The number of benzene rings is 1. The van der Waals surface area contributed by atoms with Gasteiger partial charge in [-0.25, -0.2) is 4.98 Å². The van der Waals surface area contributed by atoms with Crippen LogP contribution in [-0.2, 0) is 0 Å². The van der Waals surface area contributed by atoms with E-state index in [1.807, 2.05) is 0 Å². The Morgan fingerprint density at radius 1 is 1.22 bits per heavy atom. The van der Waals surface area contributed by atoms with Crippen molar-refractivity contribution in [3.8, 4) is 0 Å². The maximum atomic E-state index is 11.9. The lowest BCUT2D eigenvalue weighted by molar-refractivity contribution is 0.102. The van der Waals surface area contributed by atoms with Gasteiger partial charge in [0.05, 0.1) is 0 Å². The highest BCUT2D eigenvalue weighted by atomic mass is 79.9. The van der Waals surface area contributed by atoms with Gasteiger partial charge in [0.1, 0.15) is 5.69 Å². The molecular formula is C12H9Br2N3O. The zero-order chi connectivity index (χ0) is 13.1. The van der Waals surface area contributed by atoms with E-state index in [1.54, 1.807) is 36.5 Å². The average Bonchev–Trinajstić information content (AvgIpc) is 2.34. The minimum atomic E-state index is -0.274. The van der Waals surface area contributed by atoms with Gasteiger partial charge < -0.3 is 11.1 Å². The van der Waals surface area contributed by atoms with Crippen molar-refractivity contribution in [1.82, 2.24) is 4.98 Å². The van der Waals surface area contributed by atoms with Crippen molar-refractivity contribution in [1.29, 1.82) is 0 Å². The molecule has 18 heavy (non-hydrogen) atoms. The minimum Gasteiger partial charge on any atom is -0.398 e.